The highest BCUT2D eigenvalue weighted by Gasteiger charge is 2.36. The molecule has 0 fully saturated rings. The van der Waals surface area contributed by atoms with Crippen molar-refractivity contribution in [3.63, 3.8) is 0 Å². The summed E-state index contributed by atoms with van der Waals surface area (Å²) in [7, 11) is 2.18. The number of fused-ring (bicyclic) bond motifs is 5. The summed E-state index contributed by atoms with van der Waals surface area (Å²) in [5.74, 6) is 0. The standard InChI is InChI=1S/C29H29ClN4OS/c1-32-17-14-23-24-18-34(29(35)31-15-13-20-6-3-2-4-7-20)27(21-9-11-22(30)12-10-21)25-8-5-16-33(25)28(24)36-26(23)19-32/h2-12,16,27H,13-15,17-19H2,1H3,(H,31,35). The smallest absolute Gasteiger partial charge is 0.318 e. The molecule has 0 saturated carbocycles. The van der Waals surface area contributed by atoms with E-state index < -0.39 is 0 Å². The Kier molecular flexibility index (Phi) is 6.34. The first-order chi connectivity index (χ1) is 17.6. The number of rotatable bonds is 4. The van der Waals surface area contributed by atoms with Crippen LogP contribution in [0.2, 0.25) is 5.02 Å². The molecule has 1 N–H and O–H groups in total. The van der Waals surface area contributed by atoms with Crippen molar-refractivity contribution in [2.24, 2.45) is 0 Å². The molecule has 184 valence electrons. The first-order valence-corrected chi connectivity index (χ1v) is 13.6. The van der Waals surface area contributed by atoms with Crippen LogP contribution in [0.25, 0.3) is 5.00 Å². The van der Waals surface area contributed by atoms with Gasteiger partial charge in [0.25, 0.3) is 0 Å². The van der Waals surface area contributed by atoms with E-state index in [9.17, 15) is 4.79 Å². The number of hydrogen-bond donors (Lipinski definition) is 1. The molecule has 0 radical (unpaired) electrons. The first kappa shape index (κ1) is 23.3. The molecule has 36 heavy (non-hydrogen) atoms. The third-order valence-corrected chi connectivity index (χ3v) is 8.74. The molecule has 4 heterocycles. The number of halogens is 1. The molecule has 0 bridgehead atoms. The van der Waals surface area contributed by atoms with Gasteiger partial charge in [-0.05, 0) is 60.8 Å². The maximum atomic E-state index is 13.8. The third-order valence-electron chi connectivity index (χ3n) is 7.23. The summed E-state index contributed by atoms with van der Waals surface area (Å²) >= 11 is 8.11. The molecule has 6 rings (SSSR count). The topological polar surface area (TPSA) is 40.5 Å². The molecule has 2 aliphatic heterocycles. The summed E-state index contributed by atoms with van der Waals surface area (Å²) in [6.07, 6.45) is 3.96. The number of urea groups is 1. The summed E-state index contributed by atoms with van der Waals surface area (Å²) < 4.78 is 2.30. The molecule has 0 saturated heterocycles. The number of amides is 2. The van der Waals surface area contributed by atoms with Crippen LogP contribution in [0, 0.1) is 0 Å². The van der Waals surface area contributed by atoms with Crippen molar-refractivity contribution in [3.05, 3.63) is 111 Å². The molecule has 2 aromatic carbocycles. The highest BCUT2D eigenvalue weighted by Crippen LogP contribution is 2.43. The highest BCUT2D eigenvalue weighted by molar-refractivity contribution is 7.15. The van der Waals surface area contributed by atoms with E-state index in [1.54, 1.807) is 0 Å². The van der Waals surface area contributed by atoms with E-state index in [4.69, 9.17) is 11.6 Å². The van der Waals surface area contributed by atoms with Crippen molar-refractivity contribution in [2.75, 3.05) is 20.1 Å². The SMILES string of the molecule is CN1CCc2c(sc3c2CN(C(=O)NCCc2ccccc2)C(c2ccc(Cl)cc2)c2cccn2-3)C1. The van der Waals surface area contributed by atoms with Crippen LogP contribution < -0.4 is 5.32 Å². The minimum Gasteiger partial charge on any atom is -0.338 e. The van der Waals surface area contributed by atoms with Gasteiger partial charge in [0, 0.05) is 41.3 Å². The minimum absolute atomic E-state index is 0.0423. The van der Waals surface area contributed by atoms with Gasteiger partial charge in [-0.15, -0.1) is 11.3 Å². The number of likely N-dealkylation sites (N-methyl/N-ethyl adjacent to an activating group) is 1. The van der Waals surface area contributed by atoms with Crippen LogP contribution in [0.4, 0.5) is 4.79 Å². The maximum Gasteiger partial charge on any atom is 0.318 e. The molecular weight excluding hydrogens is 488 g/mol. The lowest BCUT2D eigenvalue weighted by molar-refractivity contribution is 0.180. The maximum absolute atomic E-state index is 13.8. The molecule has 0 aliphatic carbocycles. The minimum atomic E-state index is -0.212. The normalized spacial score (nSPS) is 17.2. The van der Waals surface area contributed by atoms with E-state index in [0.29, 0.717) is 18.1 Å². The number of carbonyl (C=O) groups excluding carboxylic acids is 1. The van der Waals surface area contributed by atoms with Gasteiger partial charge in [0.15, 0.2) is 0 Å². The summed E-state index contributed by atoms with van der Waals surface area (Å²) in [6.45, 7) is 3.18. The van der Waals surface area contributed by atoms with Crippen LogP contribution in [0.5, 0.6) is 0 Å². The summed E-state index contributed by atoms with van der Waals surface area (Å²) in [5, 5.41) is 5.16. The number of carbonyl (C=O) groups is 1. The lowest BCUT2D eigenvalue weighted by Gasteiger charge is -2.32. The summed E-state index contributed by atoms with van der Waals surface area (Å²) in [5.41, 5.74) is 6.08. The third kappa shape index (κ3) is 4.34. The van der Waals surface area contributed by atoms with Gasteiger partial charge in [0.2, 0.25) is 0 Å². The van der Waals surface area contributed by atoms with Gasteiger partial charge in [0.05, 0.1) is 18.3 Å². The lowest BCUT2D eigenvalue weighted by Crippen LogP contribution is -2.42. The number of aromatic nitrogens is 1. The molecule has 2 aromatic heterocycles. The van der Waals surface area contributed by atoms with Crippen molar-refractivity contribution in [1.29, 1.82) is 0 Å². The zero-order valence-electron chi connectivity index (χ0n) is 20.3. The van der Waals surface area contributed by atoms with E-state index in [1.807, 2.05) is 58.7 Å². The van der Waals surface area contributed by atoms with E-state index in [-0.39, 0.29) is 12.1 Å². The second-order valence-electron chi connectivity index (χ2n) is 9.63. The second-order valence-corrected chi connectivity index (χ2v) is 11.1. The fraction of sp³-hybridized carbons (Fsp3) is 0.276. The van der Waals surface area contributed by atoms with Crippen molar-refractivity contribution in [1.82, 2.24) is 19.7 Å². The zero-order chi connectivity index (χ0) is 24.6. The Hall–Kier alpha value is -3.06. The molecular formula is C29H29ClN4OS. The van der Waals surface area contributed by atoms with Crippen LogP contribution in [-0.4, -0.2) is 40.5 Å². The van der Waals surface area contributed by atoms with Gasteiger partial charge in [-0.1, -0.05) is 54.1 Å². The predicted octanol–water partition coefficient (Wildman–Crippen LogP) is 6.04. The van der Waals surface area contributed by atoms with Gasteiger partial charge in [-0.25, -0.2) is 4.79 Å². The van der Waals surface area contributed by atoms with E-state index in [1.165, 1.54) is 26.6 Å². The lowest BCUT2D eigenvalue weighted by atomic mass is 10.0. The Labute approximate surface area is 220 Å². The fourth-order valence-electron chi connectivity index (χ4n) is 5.41. The molecule has 2 amide bonds. The van der Waals surface area contributed by atoms with E-state index >= 15 is 0 Å². The van der Waals surface area contributed by atoms with Gasteiger partial charge in [-0.3, -0.25) is 0 Å². The van der Waals surface area contributed by atoms with Crippen molar-refractivity contribution in [2.45, 2.75) is 32.0 Å². The van der Waals surface area contributed by atoms with Gasteiger partial charge in [0.1, 0.15) is 5.00 Å². The number of hydrogen-bond acceptors (Lipinski definition) is 3. The van der Waals surface area contributed by atoms with E-state index in [2.05, 4.69) is 52.3 Å². The summed E-state index contributed by atoms with van der Waals surface area (Å²) in [6, 6.07) is 22.2. The first-order valence-electron chi connectivity index (χ1n) is 12.4. The zero-order valence-corrected chi connectivity index (χ0v) is 21.9. The predicted molar refractivity (Wildman–Crippen MR) is 146 cm³/mol. The Bertz CT molecular complexity index is 1380. The number of nitrogens with one attached hydrogen (secondary N) is 1. The summed E-state index contributed by atoms with van der Waals surface area (Å²) in [4.78, 5) is 19.7. The van der Waals surface area contributed by atoms with Crippen molar-refractivity contribution < 1.29 is 4.79 Å². The highest BCUT2D eigenvalue weighted by atomic mass is 35.5. The van der Waals surface area contributed by atoms with Crippen LogP contribution in [-0.2, 0) is 25.9 Å². The number of nitrogens with zero attached hydrogens (tertiary/aromatic N) is 3. The quantitative estimate of drug-likeness (QED) is 0.359. The van der Waals surface area contributed by atoms with Gasteiger partial charge >= 0.3 is 6.03 Å². The average Bonchev–Trinajstić information content (AvgIpc) is 3.47. The van der Waals surface area contributed by atoms with Crippen LogP contribution in [0.1, 0.15) is 38.9 Å². The monoisotopic (exact) mass is 516 g/mol. The Morgan fingerprint density at radius 2 is 1.83 bits per heavy atom. The molecule has 1 unspecified atom stereocenters. The Morgan fingerprint density at radius 1 is 1.03 bits per heavy atom. The van der Waals surface area contributed by atoms with Crippen LogP contribution >= 0.6 is 22.9 Å². The largest absolute Gasteiger partial charge is 0.338 e. The number of benzene rings is 2. The second kappa shape index (κ2) is 9.77. The molecule has 2 aliphatic rings. The van der Waals surface area contributed by atoms with Crippen LogP contribution in [0.15, 0.2) is 72.9 Å². The van der Waals surface area contributed by atoms with Crippen molar-refractivity contribution in [3.8, 4) is 5.00 Å². The van der Waals surface area contributed by atoms with Gasteiger partial charge < -0.3 is 19.7 Å². The molecule has 4 aromatic rings. The fourth-order valence-corrected chi connectivity index (χ4v) is 6.98. The Balaban J connectivity index is 1.39. The van der Waals surface area contributed by atoms with Crippen molar-refractivity contribution >= 4 is 29.0 Å². The Morgan fingerprint density at radius 3 is 2.64 bits per heavy atom. The van der Waals surface area contributed by atoms with Gasteiger partial charge in [-0.2, -0.15) is 0 Å². The average molecular weight is 517 g/mol. The molecule has 7 heteroatoms. The van der Waals surface area contributed by atoms with Crippen LogP contribution in [0.3, 0.4) is 0 Å². The molecule has 1 atom stereocenters. The van der Waals surface area contributed by atoms with E-state index in [0.717, 1.165) is 37.2 Å². The molecule has 0 spiro atoms. The molecule has 5 nitrogen and oxygen atoms in total. The number of thiophene rings is 1.